The van der Waals surface area contributed by atoms with Crippen LogP contribution in [0.25, 0.3) is 0 Å². The molecule has 0 radical (unpaired) electrons. The summed E-state index contributed by atoms with van der Waals surface area (Å²) in [7, 11) is 1.26. The molecule has 22 heavy (non-hydrogen) atoms. The Bertz CT molecular complexity index is 774. The first-order valence-corrected chi connectivity index (χ1v) is 6.69. The zero-order valence-corrected chi connectivity index (χ0v) is 12.0. The van der Waals surface area contributed by atoms with Crippen molar-refractivity contribution >= 4 is 5.97 Å². The first-order chi connectivity index (χ1) is 10.5. The molecule has 0 aliphatic carbocycles. The van der Waals surface area contributed by atoms with E-state index in [0.717, 1.165) is 0 Å². The first-order valence-electron chi connectivity index (χ1n) is 6.69. The van der Waals surface area contributed by atoms with Gasteiger partial charge in [0.15, 0.2) is 0 Å². The molecule has 0 unspecified atom stereocenters. The van der Waals surface area contributed by atoms with Crippen LogP contribution in [-0.4, -0.2) is 24.3 Å². The van der Waals surface area contributed by atoms with Gasteiger partial charge in [0.05, 0.1) is 18.6 Å². The summed E-state index contributed by atoms with van der Waals surface area (Å²) in [6, 6.07) is 7.81. The molecule has 0 fully saturated rings. The lowest BCUT2D eigenvalue weighted by Crippen LogP contribution is -2.31. The highest BCUT2D eigenvalue weighted by molar-refractivity contribution is 5.79. The highest BCUT2D eigenvalue weighted by Gasteiger charge is 2.43. The van der Waals surface area contributed by atoms with E-state index in [1.54, 1.807) is 25.1 Å². The van der Waals surface area contributed by atoms with Gasteiger partial charge in [-0.1, -0.05) is 12.1 Å². The molecule has 6 nitrogen and oxygen atoms in total. The van der Waals surface area contributed by atoms with Crippen molar-refractivity contribution in [3.05, 3.63) is 57.6 Å². The third kappa shape index (κ3) is 2.22. The molecule has 0 saturated carbocycles. The van der Waals surface area contributed by atoms with Crippen LogP contribution in [0.1, 0.15) is 22.8 Å². The van der Waals surface area contributed by atoms with Crippen LogP contribution < -0.4 is 10.4 Å². The van der Waals surface area contributed by atoms with Gasteiger partial charge >= 0.3 is 11.6 Å². The van der Waals surface area contributed by atoms with E-state index in [0.29, 0.717) is 17.1 Å². The van der Waals surface area contributed by atoms with Crippen LogP contribution in [0.4, 0.5) is 0 Å². The molecule has 2 atom stereocenters. The molecule has 2 heterocycles. The zero-order chi connectivity index (χ0) is 15.9. The smallest absolute Gasteiger partial charge is 0.348 e. The van der Waals surface area contributed by atoms with Gasteiger partial charge in [0.25, 0.3) is 0 Å². The number of carbonyl (C=O) groups excluding carboxylic acids is 1. The van der Waals surface area contributed by atoms with Crippen molar-refractivity contribution in [2.75, 3.05) is 7.11 Å². The lowest BCUT2D eigenvalue weighted by atomic mass is 9.89. The van der Waals surface area contributed by atoms with Gasteiger partial charge in [-0.3, -0.25) is 0 Å². The van der Waals surface area contributed by atoms with Crippen LogP contribution in [0.2, 0.25) is 0 Å². The van der Waals surface area contributed by atoms with Gasteiger partial charge in [-0.25, -0.2) is 9.59 Å². The molecule has 1 N–H and O–H groups in total. The van der Waals surface area contributed by atoms with Crippen LogP contribution in [0.15, 0.2) is 39.5 Å². The Morgan fingerprint density at radius 2 is 1.95 bits per heavy atom. The Kier molecular flexibility index (Phi) is 3.36. The lowest BCUT2D eigenvalue weighted by molar-refractivity contribution is -0.148. The summed E-state index contributed by atoms with van der Waals surface area (Å²) >= 11 is 0. The molecule has 0 saturated heterocycles. The molecule has 6 heteroatoms. The molecule has 3 rings (SSSR count). The average Bonchev–Trinajstić information content (AvgIpc) is 2.86. The number of ether oxygens (including phenoxy) is 2. The fourth-order valence-corrected chi connectivity index (χ4v) is 2.65. The van der Waals surface area contributed by atoms with Crippen LogP contribution in [0.3, 0.4) is 0 Å². The molecular weight excluding hydrogens is 288 g/mol. The van der Waals surface area contributed by atoms with Gasteiger partial charge in [-0.15, -0.1) is 0 Å². The molecule has 0 spiro atoms. The normalized spacial score (nSPS) is 19.4. The zero-order valence-electron chi connectivity index (χ0n) is 12.0. The van der Waals surface area contributed by atoms with Gasteiger partial charge in [0, 0.05) is 6.07 Å². The quantitative estimate of drug-likeness (QED) is 0.850. The maximum atomic E-state index is 12.2. The molecule has 0 amide bonds. The van der Waals surface area contributed by atoms with Crippen molar-refractivity contribution in [1.82, 2.24) is 0 Å². The molecule has 1 aliphatic heterocycles. The summed E-state index contributed by atoms with van der Waals surface area (Å²) in [6.07, 6.45) is -0.964. The predicted octanol–water partition coefficient (Wildman–Crippen LogP) is 1.72. The van der Waals surface area contributed by atoms with Crippen molar-refractivity contribution in [3.8, 4) is 11.5 Å². The highest BCUT2D eigenvalue weighted by Crippen LogP contribution is 2.41. The second kappa shape index (κ2) is 5.22. The number of carbonyl (C=O) groups is 1. The number of aryl methyl sites for hydroxylation is 1. The molecule has 2 aromatic rings. The van der Waals surface area contributed by atoms with Gasteiger partial charge in [0.2, 0.25) is 6.10 Å². The maximum absolute atomic E-state index is 12.2. The fourth-order valence-electron chi connectivity index (χ4n) is 2.65. The van der Waals surface area contributed by atoms with E-state index < -0.39 is 23.6 Å². The summed E-state index contributed by atoms with van der Waals surface area (Å²) in [5, 5.41) is 9.40. The minimum absolute atomic E-state index is 0.0912. The predicted molar refractivity (Wildman–Crippen MR) is 76.1 cm³/mol. The monoisotopic (exact) mass is 302 g/mol. The number of hydrogen-bond acceptors (Lipinski definition) is 6. The molecular formula is C16H14O6. The van der Waals surface area contributed by atoms with Crippen molar-refractivity contribution < 1.29 is 23.8 Å². The Balaban J connectivity index is 2.17. The van der Waals surface area contributed by atoms with E-state index in [-0.39, 0.29) is 11.3 Å². The number of phenolic OH excluding ortho intramolecular Hbond substituents is 1. The minimum atomic E-state index is -0.964. The summed E-state index contributed by atoms with van der Waals surface area (Å²) < 4.78 is 15.5. The number of fused-ring (bicyclic) bond motifs is 1. The van der Waals surface area contributed by atoms with Crippen molar-refractivity contribution in [2.45, 2.75) is 18.9 Å². The van der Waals surface area contributed by atoms with Gasteiger partial charge < -0.3 is 19.0 Å². The van der Waals surface area contributed by atoms with Crippen LogP contribution in [0, 0.1) is 6.92 Å². The molecule has 0 bridgehead atoms. The topological polar surface area (TPSA) is 86.0 Å². The molecule has 1 aromatic heterocycles. The Morgan fingerprint density at radius 1 is 1.27 bits per heavy atom. The third-order valence-electron chi connectivity index (χ3n) is 3.63. The van der Waals surface area contributed by atoms with Crippen LogP contribution in [0.5, 0.6) is 11.5 Å². The second-order valence-electron chi connectivity index (χ2n) is 5.05. The minimum Gasteiger partial charge on any atom is -0.508 e. The van der Waals surface area contributed by atoms with E-state index >= 15 is 0 Å². The summed E-state index contributed by atoms with van der Waals surface area (Å²) in [4.78, 5) is 24.2. The van der Waals surface area contributed by atoms with E-state index in [2.05, 4.69) is 0 Å². The summed E-state index contributed by atoms with van der Waals surface area (Å²) in [6.45, 7) is 1.63. The first kappa shape index (κ1) is 14.2. The molecule has 114 valence electrons. The number of aromatic hydroxyl groups is 1. The number of benzene rings is 1. The Hall–Kier alpha value is -2.76. The summed E-state index contributed by atoms with van der Waals surface area (Å²) in [5.41, 5.74) is 0.397. The Morgan fingerprint density at radius 3 is 2.59 bits per heavy atom. The Labute approximate surface area is 125 Å². The van der Waals surface area contributed by atoms with Gasteiger partial charge in [-0.05, 0) is 24.6 Å². The maximum Gasteiger partial charge on any atom is 0.348 e. The lowest BCUT2D eigenvalue weighted by Gasteiger charge is -2.16. The number of methoxy groups -OCH3 is 1. The molecule has 1 aromatic carbocycles. The van der Waals surface area contributed by atoms with E-state index in [1.807, 2.05) is 0 Å². The third-order valence-corrected chi connectivity index (χ3v) is 3.63. The van der Waals surface area contributed by atoms with Crippen LogP contribution in [-0.2, 0) is 9.53 Å². The summed E-state index contributed by atoms with van der Waals surface area (Å²) in [5.74, 6) is -0.402. The number of rotatable bonds is 2. The van der Waals surface area contributed by atoms with Crippen molar-refractivity contribution in [1.29, 1.82) is 0 Å². The highest BCUT2D eigenvalue weighted by atomic mass is 16.6. The average molecular weight is 302 g/mol. The number of hydrogen-bond donors (Lipinski definition) is 1. The van der Waals surface area contributed by atoms with Gasteiger partial charge in [-0.2, -0.15) is 0 Å². The largest absolute Gasteiger partial charge is 0.508 e. The van der Waals surface area contributed by atoms with Crippen LogP contribution >= 0.6 is 0 Å². The van der Waals surface area contributed by atoms with Gasteiger partial charge in [0.1, 0.15) is 17.3 Å². The number of esters is 1. The molecule has 1 aliphatic rings. The SMILES string of the molecule is COC(=O)[C@H]1Oc2cc(C)oc(=O)c2[C@@H]1c1ccc(O)cc1. The van der Waals surface area contributed by atoms with E-state index in [9.17, 15) is 14.7 Å². The number of phenols is 1. The van der Waals surface area contributed by atoms with Crippen molar-refractivity contribution in [3.63, 3.8) is 0 Å². The van der Waals surface area contributed by atoms with E-state index in [1.165, 1.54) is 19.2 Å². The standard InChI is InChI=1S/C16H14O6/c1-8-7-11-13(15(18)21-8)12(14(22-11)16(19)20-2)9-3-5-10(17)6-4-9/h3-7,12,14,17H,1-2H3/t12-,14-/m0/s1. The van der Waals surface area contributed by atoms with E-state index in [4.69, 9.17) is 13.9 Å². The second-order valence-corrected chi connectivity index (χ2v) is 5.05. The van der Waals surface area contributed by atoms with Crippen molar-refractivity contribution in [2.24, 2.45) is 0 Å². The fraction of sp³-hybridized carbons (Fsp3) is 0.250.